The summed E-state index contributed by atoms with van der Waals surface area (Å²) in [5, 5.41) is 4.24. The summed E-state index contributed by atoms with van der Waals surface area (Å²) in [4.78, 5) is 28.0. The molecule has 1 aliphatic rings. The van der Waals surface area contributed by atoms with Crippen molar-refractivity contribution in [3.63, 3.8) is 0 Å². The lowest BCUT2D eigenvalue weighted by atomic mass is 10.0. The van der Waals surface area contributed by atoms with E-state index in [1.54, 1.807) is 11.3 Å². The van der Waals surface area contributed by atoms with Crippen LogP contribution in [0.5, 0.6) is 0 Å². The maximum Gasteiger partial charge on any atom is 0.263 e. The number of benzene rings is 2. The molecule has 4 rings (SSSR count). The van der Waals surface area contributed by atoms with Crippen LogP contribution in [0.1, 0.15) is 38.4 Å². The molecule has 1 N–H and O–H groups in total. The van der Waals surface area contributed by atoms with Gasteiger partial charge < -0.3 is 10.2 Å². The standard InChI is InChI=1S/C22H22N2O2S/c1-15-6-2-4-8-18(15)21(25)23-17-10-12-24(13-11-17)22(26)20-14-16-7-3-5-9-19(16)27-20/h2-9,14,17H,10-13H2,1H3,(H,23,25). The molecule has 0 aliphatic carbocycles. The van der Waals surface area contributed by atoms with Gasteiger partial charge in [-0.1, -0.05) is 36.4 Å². The van der Waals surface area contributed by atoms with Gasteiger partial charge in [0, 0.05) is 29.4 Å². The van der Waals surface area contributed by atoms with E-state index < -0.39 is 0 Å². The number of hydrogen-bond donors (Lipinski definition) is 1. The molecule has 2 heterocycles. The van der Waals surface area contributed by atoms with Gasteiger partial charge in [0.15, 0.2) is 0 Å². The molecular formula is C22H22N2O2S. The number of hydrogen-bond acceptors (Lipinski definition) is 3. The molecule has 0 saturated carbocycles. The highest BCUT2D eigenvalue weighted by Crippen LogP contribution is 2.27. The first-order valence-corrected chi connectivity index (χ1v) is 10.1. The van der Waals surface area contributed by atoms with E-state index in [9.17, 15) is 9.59 Å². The third-order valence-corrected chi connectivity index (χ3v) is 6.25. The predicted octanol–water partition coefficient (Wildman–Crippen LogP) is 4.24. The highest BCUT2D eigenvalue weighted by molar-refractivity contribution is 7.20. The van der Waals surface area contributed by atoms with Crippen molar-refractivity contribution >= 4 is 33.2 Å². The molecule has 0 atom stereocenters. The van der Waals surface area contributed by atoms with Gasteiger partial charge in [-0.2, -0.15) is 0 Å². The van der Waals surface area contributed by atoms with Crippen LogP contribution in [0, 0.1) is 6.92 Å². The molecule has 1 saturated heterocycles. The monoisotopic (exact) mass is 378 g/mol. The van der Waals surface area contributed by atoms with Crippen molar-refractivity contribution < 1.29 is 9.59 Å². The lowest BCUT2D eigenvalue weighted by Gasteiger charge is -2.32. The van der Waals surface area contributed by atoms with Crippen molar-refractivity contribution in [2.24, 2.45) is 0 Å². The van der Waals surface area contributed by atoms with Crippen molar-refractivity contribution in [2.75, 3.05) is 13.1 Å². The second-order valence-corrected chi connectivity index (χ2v) is 8.09. The third kappa shape index (κ3) is 3.74. The second-order valence-electron chi connectivity index (χ2n) is 7.00. The van der Waals surface area contributed by atoms with E-state index in [0.29, 0.717) is 13.1 Å². The highest BCUT2D eigenvalue weighted by atomic mass is 32.1. The van der Waals surface area contributed by atoms with Gasteiger partial charge >= 0.3 is 0 Å². The SMILES string of the molecule is Cc1ccccc1C(=O)NC1CCN(C(=O)c2cc3ccccc3s2)CC1. The number of aryl methyl sites for hydroxylation is 1. The van der Waals surface area contributed by atoms with Gasteiger partial charge in [0.1, 0.15) is 0 Å². The molecule has 1 aromatic heterocycles. The van der Waals surface area contributed by atoms with E-state index in [-0.39, 0.29) is 17.9 Å². The zero-order valence-corrected chi connectivity index (χ0v) is 16.1. The van der Waals surface area contributed by atoms with E-state index in [0.717, 1.165) is 38.9 Å². The van der Waals surface area contributed by atoms with E-state index >= 15 is 0 Å². The zero-order valence-electron chi connectivity index (χ0n) is 15.3. The van der Waals surface area contributed by atoms with Gasteiger partial charge in [-0.15, -0.1) is 11.3 Å². The predicted molar refractivity (Wildman–Crippen MR) is 109 cm³/mol. The minimum absolute atomic E-state index is 0.0256. The summed E-state index contributed by atoms with van der Waals surface area (Å²) in [6.45, 7) is 3.29. The Morgan fingerprint density at radius 1 is 1.04 bits per heavy atom. The van der Waals surface area contributed by atoms with Crippen LogP contribution in [0.15, 0.2) is 54.6 Å². The molecule has 3 aromatic rings. The summed E-state index contributed by atoms with van der Waals surface area (Å²) in [6.07, 6.45) is 1.57. The first-order chi connectivity index (χ1) is 13.1. The van der Waals surface area contributed by atoms with Gasteiger partial charge in [-0.25, -0.2) is 0 Å². The first-order valence-electron chi connectivity index (χ1n) is 9.26. The van der Waals surface area contributed by atoms with Crippen LogP contribution in [0.4, 0.5) is 0 Å². The Bertz CT molecular complexity index is 954. The molecule has 27 heavy (non-hydrogen) atoms. The van der Waals surface area contributed by atoms with Crippen molar-refractivity contribution in [2.45, 2.75) is 25.8 Å². The molecule has 1 fully saturated rings. The minimum atomic E-state index is -0.0256. The molecule has 0 bridgehead atoms. The average Bonchev–Trinajstić information content (AvgIpc) is 3.12. The molecule has 0 unspecified atom stereocenters. The maximum atomic E-state index is 12.8. The molecule has 0 spiro atoms. The van der Waals surface area contributed by atoms with Crippen LogP contribution in [0.25, 0.3) is 10.1 Å². The molecule has 2 aromatic carbocycles. The summed E-state index contributed by atoms with van der Waals surface area (Å²) in [5.41, 5.74) is 1.70. The van der Waals surface area contributed by atoms with Gasteiger partial charge in [0.2, 0.25) is 0 Å². The summed E-state index contributed by atoms with van der Waals surface area (Å²) >= 11 is 1.55. The number of piperidine rings is 1. The Morgan fingerprint density at radius 2 is 1.74 bits per heavy atom. The van der Waals surface area contributed by atoms with Crippen LogP contribution in [-0.4, -0.2) is 35.8 Å². The number of rotatable bonds is 3. The lowest BCUT2D eigenvalue weighted by Crippen LogP contribution is -2.46. The molecule has 1 aliphatic heterocycles. The second kappa shape index (κ2) is 7.53. The number of amides is 2. The first kappa shape index (κ1) is 17.7. The number of nitrogens with zero attached hydrogens (tertiary/aromatic N) is 1. The van der Waals surface area contributed by atoms with Crippen LogP contribution >= 0.6 is 11.3 Å². The van der Waals surface area contributed by atoms with E-state index in [4.69, 9.17) is 0 Å². The van der Waals surface area contributed by atoms with Crippen LogP contribution in [-0.2, 0) is 0 Å². The normalized spacial score (nSPS) is 15.1. The Hall–Kier alpha value is -2.66. The molecule has 4 nitrogen and oxygen atoms in total. The van der Waals surface area contributed by atoms with Crippen molar-refractivity contribution in [3.8, 4) is 0 Å². The zero-order chi connectivity index (χ0) is 18.8. The van der Waals surface area contributed by atoms with Gasteiger partial charge in [-0.3, -0.25) is 9.59 Å². The summed E-state index contributed by atoms with van der Waals surface area (Å²) in [5.74, 6) is 0.0715. The molecule has 138 valence electrons. The van der Waals surface area contributed by atoms with E-state index in [1.807, 2.05) is 66.4 Å². The maximum absolute atomic E-state index is 12.8. The Balaban J connectivity index is 1.36. The van der Waals surface area contributed by atoms with Crippen LogP contribution in [0.2, 0.25) is 0 Å². The fraction of sp³-hybridized carbons (Fsp3) is 0.273. The number of nitrogens with one attached hydrogen (secondary N) is 1. The number of carbonyl (C=O) groups is 2. The molecular weight excluding hydrogens is 356 g/mol. The number of fused-ring (bicyclic) bond motifs is 1. The number of thiophene rings is 1. The summed E-state index contributed by atoms with van der Waals surface area (Å²) in [6, 6.07) is 17.8. The summed E-state index contributed by atoms with van der Waals surface area (Å²) < 4.78 is 1.14. The van der Waals surface area contributed by atoms with Crippen molar-refractivity contribution in [1.29, 1.82) is 0 Å². The average molecular weight is 378 g/mol. The molecule has 5 heteroatoms. The minimum Gasteiger partial charge on any atom is -0.349 e. The van der Waals surface area contributed by atoms with Gasteiger partial charge in [0.05, 0.1) is 4.88 Å². The topological polar surface area (TPSA) is 49.4 Å². The number of likely N-dealkylation sites (tertiary alicyclic amines) is 1. The fourth-order valence-corrected chi connectivity index (χ4v) is 4.59. The van der Waals surface area contributed by atoms with Gasteiger partial charge in [0.25, 0.3) is 11.8 Å². The Kier molecular flexibility index (Phi) is 4.94. The lowest BCUT2D eigenvalue weighted by molar-refractivity contribution is 0.0703. The quantitative estimate of drug-likeness (QED) is 0.741. The van der Waals surface area contributed by atoms with Crippen molar-refractivity contribution in [1.82, 2.24) is 10.2 Å². The van der Waals surface area contributed by atoms with Crippen molar-refractivity contribution in [3.05, 3.63) is 70.6 Å². The molecule has 0 radical (unpaired) electrons. The number of carbonyl (C=O) groups excluding carboxylic acids is 2. The third-order valence-electron chi connectivity index (χ3n) is 5.14. The summed E-state index contributed by atoms with van der Waals surface area (Å²) in [7, 11) is 0. The van der Waals surface area contributed by atoms with E-state index in [1.165, 1.54) is 0 Å². The Morgan fingerprint density at radius 3 is 2.48 bits per heavy atom. The van der Waals surface area contributed by atoms with Crippen LogP contribution < -0.4 is 5.32 Å². The Labute approximate surface area is 162 Å². The molecule has 2 amide bonds. The van der Waals surface area contributed by atoms with Gasteiger partial charge in [-0.05, 0) is 48.9 Å². The van der Waals surface area contributed by atoms with Crippen LogP contribution in [0.3, 0.4) is 0 Å². The largest absolute Gasteiger partial charge is 0.349 e. The highest BCUT2D eigenvalue weighted by Gasteiger charge is 2.26. The fourth-order valence-electron chi connectivity index (χ4n) is 3.56. The van der Waals surface area contributed by atoms with E-state index in [2.05, 4.69) is 5.32 Å². The smallest absolute Gasteiger partial charge is 0.263 e.